The standard InChI is InChI=1S/C20H18BrFN4S/c1-4-16-19(26-10-14(21)9-12(2)18(26)23-16)25(3)20-24-17(11-27-20)13-5-7-15(22)8-6-13/h5-11H,4H2,1-3H3. The molecule has 0 spiro atoms. The quantitative estimate of drug-likeness (QED) is 0.387. The Kier molecular flexibility index (Phi) is 4.74. The topological polar surface area (TPSA) is 33.4 Å². The van der Waals surface area contributed by atoms with Gasteiger partial charge < -0.3 is 4.90 Å². The predicted molar refractivity (Wildman–Crippen MR) is 113 cm³/mol. The van der Waals surface area contributed by atoms with Crippen molar-refractivity contribution in [2.24, 2.45) is 0 Å². The van der Waals surface area contributed by atoms with Gasteiger partial charge in [0.15, 0.2) is 5.13 Å². The van der Waals surface area contributed by atoms with E-state index in [1.54, 1.807) is 23.5 Å². The van der Waals surface area contributed by atoms with Gasteiger partial charge in [0, 0.05) is 28.7 Å². The van der Waals surface area contributed by atoms with Crippen molar-refractivity contribution in [2.45, 2.75) is 20.3 Å². The molecule has 4 nitrogen and oxygen atoms in total. The maximum atomic E-state index is 13.2. The highest BCUT2D eigenvalue weighted by molar-refractivity contribution is 9.10. The Bertz CT molecular complexity index is 1120. The molecule has 7 heteroatoms. The van der Waals surface area contributed by atoms with Crippen molar-refractivity contribution < 1.29 is 4.39 Å². The molecule has 0 saturated heterocycles. The van der Waals surface area contributed by atoms with E-state index in [-0.39, 0.29) is 5.82 Å². The number of hydrogen-bond acceptors (Lipinski definition) is 4. The van der Waals surface area contributed by atoms with Gasteiger partial charge in [-0.15, -0.1) is 11.3 Å². The number of benzene rings is 1. The van der Waals surface area contributed by atoms with Crippen LogP contribution < -0.4 is 4.90 Å². The van der Waals surface area contributed by atoms with Gasteiger partial charge in [0.2, 0.25) is 0 Å². The molecule has 0 aliphatic carbocycles. The molecule has 0 saturated carbocycles. The summed E-state index contributed by atoms with van der Waals surface area (Å²) in [5.41, 5.74) is 4.83. The molecule has 0 atom stereocenters. The third-order valence-corrected chi connectivity index (χ3v) is 5.84. The number of pyridine rings is 1. The molecule has 0 amide bonds. The van der Waals surface area contributed by atoms with Crippen molar-refractivity contribution in [3.8, 4) is 11.3 Å². The fourth-order valence-corrected chi connectivity index (χ4v) is 4.51. The summed E-state index contributed by atoms with van der Waals surface area (Å²) in [7, 11) is 2.01. The number of fused-ring (bicyclic) bond motifs is 1. The second-order valence-corrected chi connectivity index (χ2v) is 8.10. The summed E-state index contributed by atoms with van der Waals surface area (Å²) < 4.78 is 16.3. The van der Waals surface area contributed by atoms with Crippen molar-refractivity contribution in [1.82, 2.24) is 14.4 Å². The maximum absolute atomic E-state index is 13.2. The Balaban J connectivity index is 1.79. The number of aryl methyl sites for hydroxylation is 2. The van der Waals surface area contributed by atoms with Crippen LogP contribution in [0.5, 0.6) is 0 Å². The van der Waals surface area contributed by atoms with E-state index in [0.29, 0.717) is 0 Å². The fraction of sp³-hybridized carbons (Fsp3) is 0.200. The van der Waals surface area contributed by atoms with Gasteiger partial charge in [-0.25, -0.2) is 14.4 Å². The van der Waals surface area contributed by atoms with Crippen molar-refractivity contribution in [2.75, 3.05) is 11.9 Å². The van der Waals surface area contributed by atoms with Crippen LogP contribution in [0.4, 0.5) is 15.3 Å². The first-order valence-electron chi connectivity index (χ1n) is 8.60. The highest BCUT2D eigenvalue weighted by Crippen LogP contribution is 2.34. The first-order valence-corrected chi connectivity index (χ1v) is 10.3. The molecule has 1 aromatic carbocycles. The first-order chi connectivity index (χ1) is 13.0. The number of rotatable bonds is 4. The average Bonchev–Trinajstić information content (AvgIpc) is 3.26. The molecule has 0 aliphatic heterocycles. The Morgan fingerprint density at radius 2 is 1.96 bits per heavy atom. The van der Waals surface area contributed by atoms with Crippen molar-refractivity contribution >= 4 is 43.9 Å². The molecule has 0 radical (unpaired) electrons. The highest BCUT2D eigenvalue weighted by atomic mass is 79.9. The van der Waals surface area contributed by atoms with E-state index >= 15 is 0 Å². The van der Waals surface area contributed by atoms with E-state index in [9.17, 15) is 4.39 Å². The van der Waals surface area contributed by atoms with E-state index in [2.05, 4.69) is 45.1 Å². The maximum Gasteiger partial charge on any atom is 0.191 e. The molecule has 4 aromatic rings. The fourth-order valence-electron chi connectivity index (χ4n) is 3.16. The second-order valence-electron chi connectivity index (χ2n) is 6.35. The van der Waals surface area contributed by atoms with Gasteiger partial charge in [-0.2, -0.15) is 0 Å². The molecule has 138 valence electrons. The Hall–Kier alpha value is -2.25. The lowest BCUT2D eigenvalue weighted by molar-refractivity contribution is 0.628. The van der Waals surface area contributed by atoms with Crippen LogP contribution in [-0.2, 0) is 6.42 Å². The number of anilines is 2. The summed E-state index contributed by atoms with van der Waals surface area (Å²) in [5.74, 6) is 0.766. The van der Waals surface area contributed by atoms with Crippen LogP contribution in [0, 0.1) is 12.7 Å². The molecule has 0 bridgehead atoms. The molecule has 3 heterocycles. The van der Waals surface area contributed by atoms with E-state index in [1.807, 2.05) is 18.6 Å². The summed E-state index contributed by atoms with van der Waals surface area (Å²) >= 11 is 5.14. The molecule has 0 unspecified atom stereocenters. The zero-order chi connectivity index (χ0) is 19.1. The van der Waals surface area contributed by atoms with E-state index in [4.69, 9.17) is 9.97 Å². The summed E-state index contributed by atoms with van der Waals surface area (Å²) in [5, 5.41) is 2.86. The van der Waals surface area contributed by atoms with Gasteiger partial charge in [-0.05, 0) is 65.2 Å². The molecule has 0 fully saturated rings. The van der Waals surface area contributed by atoms with Gasteiger partial charge in [0.1, 0.15) is 17.3 Å². The van der Waals surface area contributed by atoms with Crippen molar-refractivity contribution in [3.63, 3.8) is 0 Å². The van der Waals surface area contributed by atoms with Crippen LogP contribution in [0.25, 0.3) is 16.9 Å². The Labute approximate surface area is 169 Å². The molecule has 4 rings (SSSR count). The van der Waals surface area contributed by atoms with Crippen LogP contribution in [0.1, 0.15) is 18.2 Å². The number of aromatic nitrogens is 3. The number of hydrogen-bond donors (Lipinski definition) is 0. The van der Waals surface area contributed by atoms with Gasteiger partial charge in [-0.3, -0.25) is 4.40 Å². The van der Waals surface area contributed by atoms with E-state index in [1.165, 1.54) is 12.1 Å². The number of nitrogens with zero attached hydrogens (tertiary/aromatic N) is 4. The van der Waals surface area contributed by atoms with Crippen molar-refractivity contribution in [3.05, 3.63) is 63.5 Å². The lowest BCUT2D eigenvalue weighted by atomic mass is 10.2. The minimum absolute atomic E-state index is 0.245. The minimum atomic E-state index is -0.245. The molecular weight excluding hydrogens is 427 g/mol. The van der Waals surface area contributed by atoms with E-state index in [0.717, 1.165) is 50.0 Å². The molecule has 3 aromatic heterocycles. The van der Waals surface area contributed by atoms with E-state index < -0.39 is 0 Å². The summed E-state index contributed by atoms with van der Waals surface area (Å²) in [6.45, 7) is 4.17. The molecule has 0 aliphatic rings. The monoisotopic (exact) mass is 444 g/mol. The third kappa shape index (κ3) is 3.26. The smallest absolute Gasteiger partial charge is 0.191 e. The van der Waals surface area contributed by atoms with Crippen molar-refractivity contribution in [1.29, 1.82) is 0 Å². The Morgan fingerprint density at radius 3 is 2.67 bits per heavy atom. The number of halogens is 2. The molecule has 27 heavy (non-hydrogen) atoms. The zero-order valence-electron chi connectivity index (χ0n) is 15.2. The van der Waals surface area contributed by atoms with Crippen LogP contribution >= 0.6 is 27.3 Å². The third-order valence-electron chi connectivity index (χ3n) is 4.49. The van der Waals surface area contributed by atoms with Crippen LogP contribution in [-0.4, -0.2) is 21.4 Å². The molecular formula is C20H18BrFN4S. The normalized spacial score (nSPS) is 11.3. The average molecular weight is 445 g/mol. The number of thiazole rings is 1. The minimum Gasteiger partial charge on any atom is -0.305 e. The second kappa shape index (κ2) is 7.05. The lowest BCUT2D eigenvalue weighted by Gasteiger charge is -2.17. The van der Waals surface area contributed by atoms with Gasteiger partial charge in [0.05, 0.1) is 11.4 Å². The molecule has 0 N–H and O–H groups in total. The SMILES string of the molecule is CCc1nc2c(C)cc(Br)cn2c1N(C)c1nc(-c2ccc(F)cc2)cs1. The van der Waals surface area contributed by atoms with Gasteiger partial charge in [-0.1, -0.05) is 6.92 Å². The number of imidazole rings is 1. The summed E-state index contributed by atoms with van der Waals surface area (Å²) in [6.07, 6.45) is 2.86. The van der Waals surface area contributed by atoms with Crippen LogP contribution in [0.2, 0.25) is 0 Å². The predicted octanol–water partition coefficient (Wildman–Crippen LogP) is 6.00. The Morgan fingerprint density at radius 1 is 1.22 bits per heavy atom. The largest absolute Gasteiger partial charge is 0.305 e. The van der Waals surface area contributed by atoms with Crippen LogP contribution in [0.15, 0.2) is 46.4 Å². The first kappa shape index (κ1) is 18.1. The van der Waals surface area contributed by atoms with Gasteiger partial charge in [0.25, 0.3) is 0 Å². The zero-order valence-corrected chi connectivity index (χ0v) is 17.6. The summed E-state index contributed by atoms with van der Waals surface area (Å²) in [4.78, 5) is 11.7. The van der Waals surface area contributed by atoms with Crippen LogP contribution in [0.3, 0.4) is 0 Å². The highest BCUT2D eigenvalue weighted by Gasteiger charge is 2.20. The summed E-state index contributed by atoms with van der Waals surface area (Å²) in [6, 6.07) is 8.48. The lowest BCUT2D eigenvalue weighted by Crippen LogP contribution is -2.13. The van der Waals surface area contributed by atoms with Gasteiger partial charge >= 0.3 is 0 Å².